The Labute approximate surface area is 266 Å². The molecule has 1 aromatic rings. The first kappa shape index (κ1) is 38.1. The number of aliphatic hydroxyl groups is 1. The van der Waals surface area contributed by atoms with E-state index < -0.39 is 12.1 Å². The van der Waals surface area contributed by atoms with Crippen LogP contribution < -0.4 is 15.8 Å². The van der Waals surface area contributed by atoms with Gasteiger partial charge in [-0.25, -0.2) is 4.79 Å². The molecule has 2 rings (SSSR count). The smallest absolute Gasteiger partial charge is 0.336 e. The van der Waals surface area contributed by atoms with Crippen LogP contribution in [0.3, 0.4) is 0 Å². The molecule has 252 valence electrons. The van der Waals surface area contributed by atoms with Gasteiger partial charge in [0.1, 0.15) is 12.3 Å². The zero-order chi connectivity index (χ0) is 32.7. The number of quaternary nitrogens is 1. The van der Waals surface area contributed by atoms with Crippen molar-refractivity contribution in [2.24, 2.45) is 29.4 Å². The summed E-state index contributed by atoms with van der Waals surface area (Å²) < 4.78 is 16.8. The van der Waals surface area contributed by atoms with Crippen LogP contribution in [0.25, 0.3) is 0 Å². The summed E-state index contributed by atoms with van der Waals surface area (Å²) in [5.74, 6) is 0.495. The number of rotatable bonds is 20. The van der Waals surface area contributed by atoms with Gasteiger partial charge in [-0.2, -0.15) is 4.59 Å². The van der Waals surface area contributed by atoms with Gasteiger partial charge in [0, 0.05) is 26.3 Å². The molecule has 0 bridgehead atoms. The van der Waals surface area contributed by atoms with Gasteiger partial charge in [-0.05, 0) is 62.0 Å². The SMILES string of the molecule is CCC[N+](C)(C(=O)C(CC(O)C(N)CC(CNC(=O)c1ccccc1OCCCCOC)C(C)C)C(C)C)N1CCOCC1. The molecule has 4 N–H and O–H groups in total. The highest BCUT2D eigenvalue weighted by Gasteiger charge is 2.45. The minimum Gasteiger partial charge on any atom is -0.493 e. The summed E-state index contributed by atoms with van der Waals surface area (Å²) in [5.41, 5.74) is 7.11. The minimum atomic E-state index is -0.838. The van der Waals surface area contributed by atoms with Gasteiger partial charge in [0.15, 0.2) is 0 Å². The average molecular weight is 622 g/mol. The Morgan fingerprint density at radius 2 is 1.73 bits per heavy atom. The number of carbonyl (C=O) groups excluding carboxylic acids is 2. The van der Waals surface area contributed by atoms with Crippen LogP contribution in [0, 0.1) is 23.7 Å². The molecule has 0 radical (unpaired) electrons. The van der Waals surface area contributed by atoms with E-state index >= 15 is 0 Å². The van der Waals surface area contributed by atoms with Gasteiger partial charge in [0.05, 0.1) is 57.5 Å². The first-order valence-electron chi connectivity index (χ1n) is 16.6. The molecule has 0 spiro atoms. The summed E-state index contributed by atoms with van der Waals surface area (Å²) in [6.07, 6.45) is 2.61. The van der Waals surface area contributed by atoms with E-state index in [2.05, 4.69) is 31.1 Å². The van der Waals surface area contributed by atoms with Crippen LogP contribution in [0.4, 0.5) is 0 Å². The maximum absolute atomic E-state index is 14.1. The third-order valence-corrected chi connectivity index (χ3v) is 9.03. The molecular formula is C34H61N4O6+. The Hall–Kier alpha value is -2.08. The average Bonchev–Trinajstić information content (AvgIpc) is 3.01. The van der Waals surface area contributed by atoms with E-state index in [9.17, 15) is 14.7 Å². The molecule has 2 amide bonds. The first-order valence-corrected chi connectivity index (χ1v) is 16.6. The molecule has 1 aliphatic heterocycles. The summed E-state index contributed by atoms with van der Waals surface area (Å²) in [4.78, 5) is 27.3. The fourth-order valence-corrected chi connectivity index (χ4v) is 6.00. The van der Waals surface area contributed by atoms with E-state index in [4.69, 9.17) is 19.9 Å². The summed E-state index contributed by atoms with van der Waals surface area (Å²) in [7, 11) is 3.68. The van der Waals surface area contributed by atoms with Crippen LogP contribution in [0.15, 0.2) is 24.3 Å². The number of nitrogens with two attached hydrogens (primary N) is 1. The van der Waals surface area contributed by atoms with Crippen LogP contribution in [-0.2, 0) is 14.3 Å². The Kier molecular flexibility index (Phi) is 16.8. The van der Waals surface area contributed by atoms with Gasteiger partial charge in [0.25, 0.3) is 5.91 Å². The standard InChI is InChI=1S/C34H60N4O6/c1-8-17-38(6,37-15-20-43-21-16-37)34(41)29(26(4)5)23-31(39)30(35)22-27(25(2)3)24-36-33(40)28-13-9-10-14-32(28)44-19-12-11-18-42-7/h9-10,13-14,25-27,29-31,39H,8,11-12,15-24,35H2,1-7H3/p+1. The molecule has 10 heteroatoms. The van der Waals surface area contributed by atoms with Crippen LogP contribution in [0.5, 0.6) is 5.75 Å². The van der Waals surface area contributed by atoms with Crippen molar-refractivity contribution in [3.05, 3.63) is 29.8 Å². The molecule has 0 aromatic heterocycles. The third kappa shape index (κ3) is 11.4. The molecule has 1 aliphatic rings. The van der Waals surface area contributed by atoms with Crippen LogP contribution in [0.1, 0.15) is 77.1 Å². The molecule has 5 atom stereocenters. The maximum Gasteiger partial charge on any atom is 0.336 e. The minimum absolute atomic E-state index is 0.0495. The zero-order valence-electron chi connectivity index (χ0n) is 28.4. The van der Waals surface area contributed by atoms with Crippen LogP contribution >= 0.6 is 0 Å². The van der Waals surface area contributed by atoms with E-state index in [1.807, 2.05) is 39.1 Å². The monoisotopic (exact) mass is 621 g/mol. The Morgan fingerprint density at radius 3 is 2.34 bits per heavy atom. The van der Waals surface area contributed by atoms with E-state index in [1.54, 1.807) is 13.2 Å². The maximum atomic E-state index is 14.1. The fraction of sp³-hybridized carbons (Fsp3) is 0.765. The number of aliphatic hydroxyl groups excluding tert-OH is 1. The lowest BCUT2D eigenvalue weighted by Crippen LogP contribution is -2.66. The van der Waals surface area contributed by atoms with Crippen molar-refractivity contribution in [3.63, 3.8) is 0 Å². The van der Waals surface area contributed by atoms with E-state index in [0.29, 0.717) is 76.8 Å². The van der Waals surface area contributed by atoms with E-state index in [-0.39, 0.29) is 40.1 Å². The molecule has 1 heterocycles. The van der Waals surface area contributed by atoms with Crippen LogP contribution in [0.2, 0.25) is 0 Å². The second kappa shape index (κ2) is 19.4. The zero-order valence-corrected chi connectivity index (χ0v) is 28.4. The topological polar surface area (TPSA) is 123 Å². The van der Waals surface area contributed by atoms with E-state index in [0.717, 1.165) is 19.3 Å². The number of hydrogen-bond acceptors (Lipinski definition) is 8. The number of carbonyl (C=O) groups is 2. The van der Waals surface area contributed by atoms with Gasteiger partial charge in [0.2, 0.25) is 0 Å². The predicted molar refractivity (Wildman–Crippen MR) is 174 cm³/mol. The summed E-state index contributed by atoms with van der Waals surface area (Å²) in [5, 5.41) is 16.6. The van der Waals surface area contributed by atoms with E-state index in [1.165, 1.54) is 0 Å². The number of para-hydroxylation sites is 1. The molecule has 5 unspecified atom stereocenters. The van der Waals surface area contributed by atoms with Gasteiger partial charge in [-0.15, -0.1) is 5.01 Å². The lowest BCUT2D eigenvalue weighted by molar-refractivity contribution is -0.955. The Balaban J connectivity index is 2.03. The van der Waals surface area contributed by atoms with Gasteiger partial charge in [-0.1, -0.05) is 46.8 Å². The van der Waals surface area contributed by atoms with Crippen molar-refractivity contribution < 1.29 is 33.5 Å². The lowest BCUT2D eigenvalue weighted by atomic mass is 9.82. The number of amides is 2. The van der Waals surface area contributed by atoms with Gasteiger partial charge >= 0.3 is 5.91 Å². The highest BCUT2D eigenvalue weighted by atomic mass is 16.5. The lowest BCUT2D eigenvalue weighted by Gasteiger charge is -2.44. The van der Waals surface area contributed by atoms with Crippen molar-refractivity contribution in [2.75, 3.05) is 66.8 Å². The second-order valence-corrected chi connectivity index (χ2v) is 13.1. The molecule has 0 saturated carbocycles. The van der Waals surface area contributed by atoms with Gasteiger partial charge < -0.3 is 30.4 Å². The van der Waals surface area contributed by atoms with Crippen LogP contribution in [-0.4, -0.2) is 105 Å². The number of nitrogens with zero attached hydrogens (tertiary/aromatic N) is 2. The quantitative estimate of drug-likeness (QED) is 0.148. The number of methoxy groups -OCH3 is 1. The number of benzene rings is 1. The highest BCUT2D eigenvalue weighted by molar-refractivity contribution is 5.96. The number of unbranched alkanes of at least 4 members (excludes halogenated alkanes) is 1. The van der Waals surface area contributed by atoms with Crippen molar-refractivity contribution in [3.8, 4) is 5.75 Å². The Morgan fingerprint density at radius 1 is 1.07 bits per heavy atom. The summed E-state index contributed by atoms with van der Waals surface area (Å²) in [6.45, 7) is 15.4. The molecule has 1 aromatic carbocycles. The molecule has 10 nitrogen and oxygen atoms in total. The number of nitrogens with one attached hydrogen (secondary N) is 1. The highest BCUT2D eigenvalue weighted by Crippen LogP contribution is 2.28. The number of ether oxygens (including phenoxy) is 3. The van der Waals surface area contributed by atoms with Crippen molar-refractivity contribution in [1.29, 1.82) is 0 Å². The third-order valence-electron chi connectivity index (χ3n) is 9.03. The molecule has 0 aliphatic carbocycles. The molecule has 1 fully saturated rings. The predicted octanol–water partition coefficient (Wildman–Crippen LogP) is 3.87. The fourth-order valence-electron chi connectivity index (χ4n) is 6.00. The Bertz CT molecular complexity index is 986. The number of hydrogen-bond donors (Lipinski definition) is 3. The van der Waals surface area contributed by atoms with Crippen molar-refractivity contribution in [1.82, 2.24) is 10.3 Å². The first-order chi connectivity index (χ1) is 21.0. The number of morpholine rings is 1. The molecule has 1 saturated heterocycles. The summed E-state index contributed by atoms with van der Waals surface area (Å²) in [6, 6.07) is 6.74. The molecule has 44 heavy (non-hydrogen) atoms. The van der Waals surface area contributed by atoms with Crippen molar-refractivity contribution >= 4 is 11.8 Å². The summed E-state index contributed by atoms with van der Waals surface area (Å²) >= 11 is 0. The second-order valence-electron chi connectivity index (χ2n) is 13.1. The van der Waals surface area contributed by atoms with Gasteiger partial charge in [-0.3, -0.25) is 4.79 Å². The van der Waals surface area contributed by atoms with Crippen molar-refractivity contribution in [2.45, 2.75) is 78.9 Å². The molecular weight excluding hydrogens is 560 g/mol. The largest absolute Gasteiger partial charge is 0.493 e. The normalized spacial score (nSPS) is 18.4.